The first-order valence-corrected chi connectivity index (χ1v) is 7.82. The van der Waals surface area contributed by atoms with Gasteiger partial charge in [-0.25, -0.2) is 0 Å². The molecule has 0 radical (unpaired) electrons. The fourth-order valence-electron chi connectivity index (χ4n) is 2.05. The Morgan fingerprint density at radius 2 is 2.17 bits per heavy atom. The smallest absolute Gasteiger partial charge is 0.134 e. The number of rotatable bonds is 3. The van der Waals surface area contributed by atoms with Gasteiger partial charge in [-0.2, -0.15) is 0 Å². The van der Waals surface area contributed by atoms with Crippen molar-refractivity contribution in [2.45, 2.75) is 23.8 Å². The van der Waals surface area contributed by atoms with E-state index in [0.29, 0.717) is 5.92 Å². The maximum absolute atomic E-state index is 4.38. The number of hydrogen-bond donors (Lipinski definition) is 1. The van der Waals surface area contributed by atoms with Crippen molar-refractivity contribution in [2.24, 2.45) is 0 Å². The highest BCUT2D eigenvalue weighted by Gasteiger charge is 2.27. The minimum absolute atomic E-state index is 0.278. The maximum Gasteiger partial charge on any atom is 0.134 e. The standard InChI is InChI=1S/C13H15N3S2/c1-8(14-2)12-15-16-13(18-12)10-7-17-11-6-4-3-5-9(10)11/h3-6,8,10,14H,7H2,1-2H3. The number of hydrogen-bond acceptors (Lipinski definition) is 5. The predicted molar refractivity (Wildman–Crippen MR) is 76.4 cm³/mol. The summed E-state index contributed by atoms with van der Waals surface area (Å²) < 4.78 is 0. The number of thioether (sulfide) groups is 1. The average Bonchev–Trinajstić information content (AvgIpc) is 3.03. The van der Waals surface area contributed by atoms with Crippen LogP contribution in [0.25, 0.3) is 0 Å². The topological polar surface area (TPSA) is 37.8 Å². The van der Waals surface area contributed by atoms with Crippen LogP contribution >= 0.6 is 23.1 Å². The second-order valence-corrected chi connectivity index (χ2v) is 6.49. The van der Waals surface area contributed by atoms with Crippen molar-refractivity contribution in [1.29, 1.82) is 0 Å². The average molecular weight is 277 g/mol. The summed E-state index contributed by atoms with van der Waals surface area (Å²) in [5.74, 6) is 1.50. The van der Waals surface area contributed by atoms with E-state index in [-0.39, 0.29) is 6.04 Å². The normalized spacial score (nSPS) is 19.8. The van der Waals surface area contributed by atoms with Crippen LogP contribution in [0, 0.1) is 0 Å². The van der Waals surface area contributed by atoms with Gasteiger partial charge in [-0.1, -0.05) is 29.5 Å². The summed E-state index contributed by atoms with van der Waals surface area (Å²) in [5, 5.41) is 14.1. The number of nitrogens with zero attached hydrogens (tertiary/aromatic N) is 2. The van der Waals surface area contributed by atoms with Gasteiger partial charge in [-0.05, 0) is 25.6 Å². The molecule has 3 rings (SSSR count). The van der Waals surface area contributed by atoms with E-state index in [4.69, 9.17) is 0 Å². The van der Waals surface area contributed by atoms with E-state index >= 15 is 0 Å². The molecule has 5 heteroatoms. The van der Waals surface area contributed by atoms with Crippen LogP contribution in [0.2, 0.25) is 0 Å². The summed E-state index contributed by atoms with van der Waals surface area (Å²) in [7, 11) is 1.95. The molecule has 1 aromatic heterocycles. The number of nitrogens with one attached hydrogen (secondary N) is 1. The van der Waals surface area contributed by atoms with Gasteiger partial charge in [0, 0.05) is 16.6 Å². The quantitative estimate of drug-likeness (QED) is 0.935. The van der Waals surface area contributed by atoms with Crippen LogP contribution in [0.3, 0.4) is 0 Å². The van der Waals surface area contributed by atoms with Crippen LogP contribution in [0.15, 0.2) is 29.2 Å². The molecular weight excluding hydrogens is 262 g/mol. The van der Waals surface area contributed by atoms with Crippen molar-refractivity contribution in [2.75, 3.05) is 12.8 Å². The van der Waals surface area contributed by atoms with Gasteiger partial charge in [0.15, 0.2) is 0 Å². The third-order valence-electron chi connectivity index (χ3n) is 3.26. The zero-order chi connectivity index (χ0) is 12.5. The molecular formula is C13H15N3S2. The van der Waals surface area contributed by atoms with Gasteiger partial charge in [-0.15, -0.1) is 22.0 Å². The summed E-state index contributed by atoms with van der Waals surface area (Å²) in [4.78, 5) is 1.39. The Morgan fingerprint density at radius 1 is 1.33 bits per heavy atom. The lowest BCUT2D eigenvalue weighted by Crippen LogP contribution is -2.11. The van der Waals surface area contributed by atoms with Crippen LogP contribution in [-0.2, 0) is 0 Å². The molecule has 0 saturated heterocycles. The molecule has 1 aromatic carbocycles. The summed E-state index contributed by atoms with van der Waals surface area (Å²) in [6.07, 6.45) is 0. The highest BCUT2D eigenvalue weighted by molar-refractivity contribution is 7.99. The molecule has 2 heterocycles. The summed E-state index contributed by atoms with van der Waals surface area (Å²) in [6, 6.07) is 8.89. The largest absolute Gasteiger partial charge is 0.311 e. The first kappa shape index (κ1) is 12.1. The van der Waals surface area contributed by atoms with Crippen molar-refractivity contribution in [1.82, 2.24) is 15.5 Å². The van der Waals surface area contributed by atoms with Crippen LogP contribution < -0.4 is 5.32 Å². The fraction of sp³-hybridized carbons (Fsp3) is 0.385. The molecule has 18 heavy (non-hydrogen) atoms. The van der Waals surface area contributed by atoms with Gasteiger partial charge < -0.3 is 5.32 Å². The molecule has 1 aliphatic rings. The van der Waals surface area contributed by atoms with E-state index in [0.717, 1.165) is 15.8 Å². The Labute approximate surface area is 115 Å². The second kappa shape index (κ2) is 4.99. The third kappa shape index (κ3) is 2.06. The minimum atomic E-state index is 0.278. The van der Waals surface area contributed by atoms with E-state index in [1.165, 1.54) is 10.5 Å². The number of aromatic nitrogens is 2. The molecule has 0 amide bonds. The number of fused-ring (bicyclic) bond motifs is 1. The molecule has 94 valence electrons. The van der Waals surface area contributed by atoms with E-state index in [1.54, 1.807) is 11.3 Å². The Hall–Kier alpha value is -0.910. The zero-order valence-electron chi connectivity index (χ0n) is 10.4. The third-order valence-corrected chi connectivity index (χ3v) is 5.66. The SMILES string of the molecule is CNC(C)c1nnc(C2CSc3ccccc32)s1. The second-order valence-electron chi connectivity index (χ2n) is 4.39. The number of benzene rings is 1. The Morgan fingerprint density at radius 3 is 3.00 bits per heavy atom. The monoisotopic (exact) mass is 277 g/mol. The molecule has 0 spiro atoms. The summed E-state index contributed by atoms with van der Waals surface area (Å²) >= 11 is 3.65. The van der Waals surface area contributed by atoms with Gasteiger partial charge in [0.2, 0.25) is 0 Å². The summed E-state index contributed by atoms with van der Waals surface area (Å²) in [5.41, 5.74) is 1.40. The molecule has 1 N–H and O–H groups in total. The van der Waals surface area contributed by atoms with Crippen molar-refractivity contribution in [3.05, 3.63) is 39.8 Å². The molecule has 0 bridgehead atoms. The van der Waals surface area contributed by atoms with Crippen LogP contribution in [0.5, 0.6) is 0 Å². The van der Waals surface area contributed by atoms with Gasteiger partial charge in [0.25, 0.3) is 0 Å². The lowest BCUT2D eigenvalue weighted by molar-refractivity contribution is 0.639. The van der Waals surface area contributed by atoms with Gasteiger partial charge in [0.1, 0.15) is 10.0 Å². The molecule has 3 nitrogen and oxygen atoms in total. The Bertz CT molecular complexity index is 553. The Balaban J connectivity index is 1.91. The highest BCUT2D eigenvalue weighted by atomic mass is 32.2. The summed E-state index contributed by atoms with van der Waals surface area (Å²) in [6.45, 7) is 2.11. The van der Waals surface area contributed by atoms with E-state index < -0.39 is 0 Å². The minimum Gasteiger partial charge on any atom is -0.311 e. The molecule has 1 aliphatic heterocycles. The van der Waals surface area contributed by atoms with Crippen molar-refractivity contribution >= 4 is 23.1 Å². The van der Waals surface area contributed by atoms with Gasteiger partial charge >= 0.3 is 0 Å². The maximum atomic E-state index is 4.38. The van der Waals surface area contributed by atoms with Gasteiger partial charge in [0.05, 0.1) is 6.04 Å². The molecule has 2 unspecified atom stereocenters. The van der Waals surface area contributed by atoms with Crippen LogP contribution in [0.4, 0.5) is 0 Å². The van der Waals surface area contributed by atoms with Gasteiger partial charge in [-0.3, -0.25) is 0 Å². The molecule has 0 saturated carbocycles. The molecule has 2 aromatic rings. The Kier molecular flexibility index (Phi) is 3.37. The zero-order valence-corrected chi connectivity index (χ0v) is 12.0. The van der Waals surface area contributed by atoms with Crippen molar-refractivity contribution < 1.29 is 0 Å². The highest BCUT2D eigenvalue weighted by Crippen LogP contribution is 2.43. The van der Waals surface area contributed by atoms with Crippen molar-refractivity contribution in [3.63, 3.8) is 0 Å². The van der Waals surface area contributed by atoms with E-state index in [1.807, 2.05) is 18.8 Å². The molecule has 0 fully saturated rings. The lowest BCUT2D eigenvalue weighted by Gasteiger charge is -2.06. The first-order chi connectivity index (χ1) is 8.79. The van der Waals surface area contributed by atoms with Crippen LogP contribution in [-0.4, -0.2) is 23.0 Å². The first-order valence-electron chi connectivity index (χ1n) is 6.02. The predicted octanol–water partition coefficient (Wildman–Crippen LogP) is 3.06. The molecule has 0 aliphatic carbocycles. The van der Waals surface area contributed by atoms with E-state index in [9.17, 15) is 0 Å². The molecule has 2 atom stereocenters. The van der Waals surface area contributed by atoms with Crippen LogP contribution in [0.1, 0.15) is 34.5 Å². The lowest BCUT2D eigenvalue weighted by atomic mass is 10.0. The van der Waals surface area contributed by atoms with E-state index in [2.05, 4.69) is 46.7 Å². The fourth-order valence-corrected chi connectivity index (χ4v) is 4.42. The van der Waals surface area contributed by atoms with Crippen molar-refractivity contribution in [3.8, 4) is 0 Å².